The molecule has 0 aliphatic heterocycles. The first kappa shape index (κ1) is 19.3. The molecule has 1 aromatic heterocycles. The smallest absolute Gasteiger partial charge is 0.229 e. The van der Waals surface area contributed by atoms with Crippen LogP contribution in [0.4, 0.5) is 17.5 Å². The third-order valence-electron chi connectivity index (χ3n) is 4.40. The number of benzene rings is 3. The van der Waals surface area contributed by atoms with Crippen molar-refractivity contribution in [2.45, 2.75) is 6.54 Å². The topological polar surface area (TPSA) is 59.1 Å². The van der Waals surface area contributed by atoms with E-state index < -0.39 is 0 Å². The van der Waals surface area contributed by atoms with Gasteiger partial charge in [-0.2, -0.15) is 4.98 Å². The summed E-state index contributed by atoms with van der Waals surface area (Å²) in [5.74, 6) is 1.99. The van der Waals surface area contributed by atoms with Crippen molar-refractivity contribution in [2.75, 3.05) is 17.7 Å². The number of nitrogens with zero attached hydrogens (tertiary/aromatic N) is 2. The van der Waals surface area contributed by atoms with Crippen molar-refractivity contribution in [3.05, 3.63) is 82.3 Å². The Hall–Kier alpha value is -3.02. The molecular weight excluding hydrogens is 407 g/mol. The number of para-hydroxylation sites is 1. The summed E-state index contributed by atoms with van der Waals surface area (Å²) in [7, 11) is 1.65. The van der Waals surface area contributed by atoms with Gasteiger partial charge in [0.1, 0.15) is 11.6 Å². The lowest BCUT2D eigenvalue weighted by atomic mass is 10.2. The largest absolute Gasteiger partial charge is 0.497 e. The highest BCUT2D eigenvalue weighted by Crippen LogP contribution is 2.29. The van der Waals surface area contributed by atoms with Gasteiger partial charge in [0.05, 0.1) is 23.3 Å². The third-order valence-corrected chi connectivity index (χ3v) is 4.96. The van der Waals surface area contributed by atoms with E-state index in [1.54, 1.807) is 25.3 Å². The molecule has 146 valence electrons. The van der Waals surface area contributed by atoms with E-state index in [0.29, 0.717) is 28.2 Å². The Morgan fingerprint density at radius 1 is 0.931 bits per heavy atom. The normalized spacial score (nSPS) is 10.7. The van der Waals surface area contributed by atoms with Crippen LogP contribution >= 0.6 is 23.2 Å². The zero-order valence-corrected chi connectivity index (χ0v) is 17.1. The number of hydrogen-bond acceptors (Lipinski definition) is 5. The van der Waals surface area contributed by atoms with Crippen LogP contribution < -0.4 is 15.4 Å². The van der Waals surface area contributed by atoms with Crippen molar-refractivity contribution in [2.24, 2.45) is 0 Å². The molecule has 0 amide bonds. The Balaban J connectivity index is 1.64. The first-order valence-corrected chi connectivity index (χ1v) is 9.73. The molecule has 0 saturated carbocycles. The molecule has 0 aliphatic rings. The van der Waals surface area contributed by atoms with Crippen molar-refractivity contribution in [3.63, 3.8) is 0 Å². The quantitative estimate of drug-likeness (QED) is 0.380. The number of nitrogens with one attached hydrogen (secondary N) is 2. The molecule has 0 aliphatic carbocycles. The van der Waals surface area contributed by atoms with E-state index >= 15 is 0 Å². The Morgan fingerprint density at radius 2 is 1.72 bits per heavy atom. The van der Waals surface area contributed by atoms with E-state index in [1.807, 2.05) is 48.5 Å². The molecule has 2 N–H and O–H groups in total. The number of fused-ring (bicyclic) bond motifs is 1. The van der Waals surface area contributed by atoms with E-state index in [2.05, 4.69) is 20.6 Å². The zero-order valence-electron chi connectivity index (χ0n) is 15.6. The van der Waals surface area contributed by atoms with Crippen LogP contribution in [0.15, 0.2) is 66.7 Å². The number of rotatable bonds is 6. The van der Waals surface area contributed by atoms with Gasteiger partial charge in [-0.3, -0.25) is 0 Å². The van der Waals surface area contributed by atoms with Crippen molar-refractivity contribution >= 4 is 51.6 Å². The molecule has 0 fully saturated rings. The predicted octanol–water partition coefficient (Wildman–Crippen LogP) is 6.30. The number of anilines is 3. The number of hydrogen-bond donors (Lipinski definition) is 2. The minimum atomic E-state index is 0.435. The average Bonchev–Trinajstić information content (AvgIpc) is 2.75. The summed E-state index contributed by atoms with van der Waals surface area (Å²) in [5, 5.41) is 8.62. The van der Waals surface area contributed by atoms with Crippen LogP contribution in [0.2, 0.25) is 10.0 Å². The van der Waals surface area contributed by atoms with E-state index in [-0.39, 0.29) is 0 Å². The molecule has 0 radical (unpaired) electrons. The van der Waals surface area contributed by atoms with Crippen LogP contribution in [0.25, 0.3) is 10.9 Å². The Morgan fingerprint density at radius 3 is 2.52 bits per heavy atom. The van der Waals surface area contributed by atoms with E-state index in [9.17, 15) is 0 Å². The minimum Gasteiger partial charge on any atom is -0.497 e. The monoisotopic (exact) mass is 424 g/mol. The van der Waals surface area contributed by atoms with Gasteiger partial charge in [0.2, 0.25) is 5.95 Å². The molecule has 0 unspecified atom stereocenters. The SMILES string of the molecule is COc1ccc(CNc2nc(Nc3cc(Cl)ccc3Cl)nc3ccccc23)cc1. The highest BCUT2D eigenvalue weighted by atomic mass is 35.5. The lowest BCUT2D eigenvalue weighted by molar-refractivity contribution is 0.414. The van der Waals surface area contributed by atoms with E-state index in [1.165, 1.54) is 0 Å². The van der Waals surface area contributed by atoms with Crippen LogP contribution in [0.1, 0.15) is 5.56 Å². The molecule has 7 heteroatoms. The number of aromatic nitrogens is 2. The number of methoxy groups -OCH3 is 1. The summed E-state index contributed by atoms with van der Waals surface area (Å²) >= 11 is 12.4. The zero-order chi connectivity index (χ0) is 20.2. The lowest BCUT2D eigenvalue weighted by Gasteiger charge is -2.13. The molecule has 4 rings (SSSR count). The lowest BCUT2D eigenvalue weighted by Crippen LogP contribution is -2.06. The fourth-order valence-electron chi connectivity index (χ4n) is 2.91. The second-order valence-electron chi connectivity index (χ2n) is 6.36. The highest BCUT2D eigenvalue weighted by Gasteiger charge is 2.10. The van der Waals surface area contributed by atoms with Crippen LogP contribution in [0.3, 0.4) is 0 Å². The summed E-state index contributed by atoms with van der Waals surface area (Å²) < 4.78 is 5.21. The van der Waals surface area contributed by atoms with Crippen molar-refractivity contribution < 1.29 is 4.74 Å². The maximum atomic E-state index is 6.27. The first-order chi connectivity index (χ1) is 14.1. The van der Waals surface area contributed by atoms with E-state index in [0.717, 1.165) is 28.0 Å². The molecule has 0 bridgehead atoms. The molecule has 5 nitrogen and oxygen atoms in total. The number of halogens is 2. The van der Waals surface area contributed by atoms with E-state index in [4.69, 9.17) is 27.9 Å². The summed E-state index contributed by atoms with van der Waals surface area (Å²) in [6, 6.07) is 20.9. The third kappa shape index (κ3) is 4.53. The van der Waals surface area contributed by atoms with Gasteiger partial charge in [-0.25, -0.2) is 4.98 Å². The molecule has 0 atom stereocenters. The van der Waals surface area contributed by atoms with Gasteiger partial charge in [-0.1, -0.05) is 47.5 Å². The van der Waals surface area contributed by atoms with Gasteiger partial charge in [0, 0.05) is 17.0 Å². The van der Waals surface area contributed by atoms with Gasteiger partial charge in [0.15, 0.2) is 0 Å². The molecule has 3 aromatic carbocycles. The van der Waals surface area contributed by atoms with Crippen molar-refractivity contribution in [1.82, 2.24) is 9.97 Å². The molecule has 29 heavy (non-hydrogen) atoms. The van der Waals surface area contributed by atoms with Crippen molar-refractivity contribution in [3.8, 4) is 5.75 Å². The fourth-order valence-corrected chi connectivity index (χ4v) is 3.25. The van der Waals surface area contributed by atoms with Crippen LogP contribution in [0.5, 0.6) is 5.75 Å². The fraction of sp³-hybridized carbons (Fsp3) is 0.0909. The van der Waals surface area contributed by atoms with Crippen LogP contribution in [0, 0.1) is 0 Å². The second kappa shape index (κ2) is 8.55. The predicted molar refractivity (Wildman–Crippen MR) is 120 cm³/mol. The van der Waals surface area contributed by atoms with Gasteiger partial charge < -0.3 is 15.4 Å². The van der Waals surface area contributed by atoms with Gasteiger partial charge in [-0.15, -0.1) is 0 Å². The molecular formula is C22H18Cl2N4O. The second-order valence-corrected chi connectivity index (χ2v) is 7.21. The summed E-state index contributed by atoms with van der Waals surface area (Å²) in [6.07, 6.45) is 0. The minimum absolute atomic E-state index is 0.435. The highest BCUT2D eigenvalue weighted by molar-refractivity contribution is 6.35. The molecule has 0 spiro atoms. The molecule has 0 saturated heterocycles. The standard InChI is InChI=1S/C22H18Cl2N4O/c1-29-16-9-6-14(7-10-16)13-25-21-17-4-2-3-5-19(17)26-22(28-21)27-20-12-15(23)8-11-18(20)24/h2-12H,13H2,1H3,(H2,25,26,27,28). The maximum absolute atomic E-state index is 6.27. The summed E-state index contributed by atoms with van der Waals surface area (Å²) in [4.78, 5) is 9.26. The summed E-state index contributed by atoms with van der Waals surface area (Å²) in [5.41, 5.74) is 2.58. The van der Waals surface area contributed by atoms with Gasteiger partial charge in [-0.05, 0) is 48.0 Å². The Kier molecular flexibility index (Phi) is 5.69. The first-order valence-electron chi connectivity index (χ1n) is 8.98. The van der Waals surface area contributed by atoms with Crippen LogP contribution in [-0.4, -0.2) is 17.1 Å². The average molecular weight is 425 g/mol. The number of ether oxygens (including phenoxy) is 1. The maximum Gasteiger partial charge on any atom is 0.229 e. The van der Waals surface area contributed by atoms with Gasteiger partial charge in [0.25, 0.3) is 0 Å². The summed E-state index contributed by atoms with van der Waals surface area (Å²) in [6.45, 7) is 0.613. The molecule has 4 aromatic rings. The van der Waals surface area contributed by atoms with Crippen LogP contribution in [-0.2, 0) is 6.54 Å². The molecule has 1 heterocycles. The van der Waals surface area contributed by atoms with Gasteiger partial charge >= 0.3 is 0 Å². The van der Waals surface area contributed by atoms with Crippen molar-refractivity contribution in [1.29, 1.82) is 0 Å². The Bertz CT molecular complexity index is 1150. The Labute approximate surface area is 178 Å².